The van der Waals surface area contributed by atoms with Crippen molar-refractivity contribution in [2.45, 2.75) is 25.9 Å². The predicted molar refractivity (Wildman–Crippen MR) is 84.2 cm³/mol. The number of aromatic nitrogens is 1. The average molecular weight is 334 g/mol. The Morgan fingerprint density at radius 1 is 1.42 bits per heavy atom. The third-order valence-corrected chi connectivity index (χ3v) is 3.48. The van der Waals surface area contributed by atoms with Gasteiger partial charge in [0, 0.05) is 18.7 Å². The smallest absolute Gasteiger partial charge is 0.312 e. The van der Waals surface area contributed by atoms with Gasteiger partial charge in [0.05, 0.1) is 19.0 Å². The fourth-order valence-corrected chi connectivity index (χ4v) is 2.32. The van der Waals surface area contributed by atoms with Gasteiger partial charge in [0.25, 0.3) is 0 Å². The molecule has 3 N–H and O–H groups in total. The molecule has 128 valence electrons. The Morgan fingerprint density at radius 3 is 2.71 bits per heavy atom. The van der Waals surface area contributed by atoms with Gasteiger partial charge >= 0.3 is 6.03 Å². The quantitative estimate of drug-likeness (QED) is 0.842. The largest absolute Gasteiger partial charge is 0.361 e. The summed E-state index contributed by atoms with van der Waals surface area (Å²) in [5.74, 6) is -0.165. The Labute approximate surface area is 138 Å². The summed E-state index contributed by atoms with van der Waals surface area (Å²) in [6, 6.07) is 5.96. The summed E-state index contributed by atoms with van der Waals surface area (Å²) in [4.78, 5) is 25.0. The van der Waals surface area contributed by atoms with Gasteiger partial charge in [0.2, 0.25) is 5.91 Å². The van der Waals surface area contributed by atoms with Gasteiger partial charge in [-0.2, -0.15) is 0 Å². The van der Waals surface area contributed by atoms with E-state index in [0.29, 0.717) is 11.5 Å². The number of nitrogens with two attached hydrogens (primary N) is 1. The van der Waals surface area contributed by atoms with Crippen molar-refractivity contribution in [2.75, 3.05) is 7.05 Å². The second-order valence-electron chi connectivity index (χ2n) is 5.47. The Balaban J connectivity index is 2.09. The molecule has 0 saturated heterocycles. The number of rotatable bonds is 6. The molecule has 1 heterocycles. The lowest BCUT2D eigenvalue weighted by Gasteiger charge is -2.22. The zero-order valence-corrected chi connectivity index (χ0v) is 13.5. The third-order valence-electron chi connectivity index (χ3n) is 3.48. The van der Waals surface area contributed by atoms with Crippen LogP contribution in [0.3, 0.4) is 0 Å². The van der Waals surface area contributed by atoms with E-state index in [4.69, 9.17) is 10.3 Å². The predicted octanol–water partition coefficient (Wildman–Crippen LogP) is 1.88. The lowest BCUT2D eigenvalue weighted by Crippen LogP contribution is -2.37. The summed E-state index contributed by atoms with van der Waals surface area (Å²) >= 11 is 0. The van der Waals surface area contributed by atoms with Crippen LogP contribution < -0.4 is 11.1 Å². The molecule has 1 aromatic carbocycles. The molecule has 0 radical (unpaired) electrons. The van der Waals surface area contributed by atoms with Crippen LogP contribution in [-0.2, 0) is 11.3 Å². The number of halogens is 1. The average Bonchev–Trinajstić information content (AvgIpc) is 2.91. The second kappa shape index (κ2) is 7.58. The molecule has 8 heteroatoms. The van der Waals surface area contributed by atoms with Crippen molar-refractivity contribution in [2.24, 2.45) is 5.73 Å². The highest BCUT2D eigenvalue weighted by Gasteiger charge is 2.22. The minimum absolute atomic E-state index is 0.128. The first kappa shape index (κ1) is 17.5. The maximum atomic E-state index is 14.0. The molecule has 0 unspecified atom stereocenters. The zero-order valence-electron chi connectivity index (χ0n) is 13.5. The fraction of sp³-hybridized carbons (Fsp3) is 0.312. The highest BCUT2D eigenvalue weighted by atomic mass is 19.1. The SMILES string of the molecule is Cc1cc(CN(C)C(=O)C[C@H](NC(N)=O)c2ccccc2F)no1. The van der Waals surface area contributed by atoms with Crippen LogP contribution in [0.25, 0.3) is 0 Å². The van der Waals surface area contributed by atoms with E-state index in [0.717, 1.165) is 0 Å². The zero-order chi connectivity index (χ0) is 17.7. The van der Waals surface area contributed by atoms with Crippen molar-refractivity contribution in [3.05, 3.63) is 53.2 Å². The monoisotopic (exact) mass is 334 g/mol. The van der Waals surface area contributed by atoms with E-state index in [9.17, 15) is 14.0 Å². The molecule has 0 fully saturated rings. The molecule has 24 heavy (non-hydrogen) atoms. The first-order chi connectivity index (χ1) is 11.4. The number of amides is 3. The van der Waals surface area contributed by atoms with Crippen molar-refractivity contribution < 1.29 is 18.5 Å². The molecule has 0 aliphatic rings. The number of urea groups is 1. The number of nitrogens with one attached hydrogen (secondary N) is 1. The van der Waals surface area contributed by atoms with Gasteiger partial charge in [0.1, 0.15) is 17.3 Å². The van der Waals surface area contributed by atoms with Crippen molar-refractivity contribution >= 4 is 11.9 Å². The van der Waals surface area contributed by atoms with E-state index in [1.807, 2.05) is 0 Å². The highest BCUT2D eigenvalue weighted by Crippen LogP contribution is 2.21. The Morgan fingerprint density at radius 2 is 2.12 bits per heavy atom. The van der Waals surface area contributed by atoms with Crippen molar-refractivity contribution in [1.29, 1.82) is 0 Å². The first-order valence-electron chi connectivity index (χ1n) is 7.33. The van der Waals surface area contributed by atoms with E-state index in [2.05, 4.69) is 10.5 Å². The number of primary amides is 1. The van der Waals surface area contributed by atoms with E-state index in [1.165, 1.54) is 23.1 Å². The van der Waals surface area contributed by atoms with E-state index < -0.39 is 17.9 Å². The van der Waals surface area contributed by atoms with Gasteiger partial charge < -0.3 is 20.5 Å². The molecule has 7 nitrogen and oxygen atoms in total. The summed E-state index contributed by atoms with van der Waals surface area (Å²) in [5, 5.41) is 6.23. The van der Waals surface area contributed by atoms with Crippen LogP contribution in [-0.4, -0.2) is 29.0 Å². The molecule has 0 aliphatic heterocycles. The number of hydrogen-bond donors (Lipinski definition) is 2. The number of carbonyl (C=O) groups is 2. The van der Waals surface area contributed by atoms with Gasteiger partial charge in [-0.1, -0.05) is 23.4 Å². The summed E-state index contributed by atoms with van der Waals surface area (Å²) in [6.45, 7) is 2.00. The molecule has 0 saturated carbocycles. The molecular weight excluding hydrogens is 315 g/mol. The summed E-state index contributed by atoms with van der Waals surface area (Å²) in [6.07, 6.45) is -0.128. The minimum atomic E-state index is -0.849. The lowest BCUT2D eigenvalue weighted by molar-refractivity contribution is -0.131. The first-order valence-corrected chi connectivity index (χ1v) is 7.33. The Hall–Kier alpha value is -2.90. The molecule has 0 aliphatic carbocycles. The van der Waals surface area contributed by atoms with Gasteiger partial charge in [-0.05, 0) is 13.0 Å². The minimum Gasteiger partial charge on any atom is -0.361 e. The number of hydrogen-bond acceptors (Lipinski definition) is 4. The molecular formula is C16H19FN4O3. The number of nitrogens with zero attached hydrogens (tertiary/aromatic N) is 2. The van der Waals surface area contributed by atoms with Crippen molar-refractivity contribution in [1.82, 2.24) is 15.4 Å². The molecule has 1 aromatic heterocycles. The third kappa shape index (κ3) is 4.55. The number of carbonyl (C=O) groups excluding carboxylic acids is 2. The van der Waals surface area contributed by atoms with Gasteiger partial charge in [-0.25, -0.2) is 9.18 Å². The lowest BCUT2D eigenvalue weighted by atomic mass is 10.0. The van der Waals surface area contributed by atoms with E-state index in [-0.39, 0.29) is 24.4 Å². The van der Waals surface area contributed by atoms with Crippen LogP contribution in [0.2, 0.25) is 0 Å². The topological polar surface area (TPSA) is 101 Å². The summed E-state index contributed by atoms with van der Waals surface area (Å²) in [5.41, 5.74) is 5.95. The molecule has 0 bridgehead atoms. The Bertz CT molecular complexity index is 732. The van der Waals surface area contributed by atoms with Crippen LogP contribution in [0.15, 0.2) is 34.9 Å². The fourth-order valence-electron chi connectivity index (χ4n) is 2.32. The maximum Gasteiger partial charge on any atom is 0.312 e. The molecule has 2 rings (SSSR count). The maximum absolute atomic E-state index is 14.0. The highest BCUT2D eigenvalue weighted by molar-refractivity contribution is 5.78. The number of aryl methyl sites for hydroxylation is 1. The Kier molecular flexibility index (Phi) is 5.51. The normalized spacial score (nSPS) is 11.8. The van der Waals surface area contributed by atoms with Crippen LogP contribution in [0, 0.1) is 12.7 Å². The summed E-state index contributed by atoms with van der Waals surface area (Å²) in [7, 11) is 1.59. The van der Waals surface area contributed by atoms with Crippen molar-refractivity contribution in [3.8, 4) is 0 Å². The van der Waals surface area contributed by atoms with E-state index >= 15 is 0 Å². The molecule has 3 amide bonds. The molecule has 1 atom stereocenters. The second-order valence-corrected chi connectivity index (χ2v) is 5.47. The van der Waals surface area contributed by atoms with E-state index in [1.54, 1.807) is 26.1 Å². The van der Waals surface area contributed by atoms with Crippen LogP contribution >= 0.6 is 0 Å². The van der Waals surface area contributed by atoms with Crippen molar-refractivity contribution in [3.63, 3.8) is 0 Å². The van der Waals surface area contributed by atoms with Crippen LogP contribution in [0.1, 0.15) is 29.5 Å². The van der Waals surface area contributed by atoms with Gasteiger partial charge in [0.15, 0.2) is 0 Å². The number of benzene rings is 1. The summed E-state index contributed by atoms with van der Waals surface area (Å²) < 4.78 is 18.9. The van der Waals surface area contributed by atoms with Crippen LogP contribution in [0.4, 0.5) is 9.18 Å². The molecule has 2 aromatic rings. The van der Waals surface area contributed by atoms with Gasteiger partial charge in [-0.3, -0.25) is 4.79 Å². The van der Waals surface area contributed by atoms with Crippen LogP contribution in [0.5, 0.6) is 0 Å². The van der Waals surface area contributed by atoms with Gasteiger partial charge in [-0.15, -0.1) is 0 Å². The standard InChI is InChI=1S/C16H19FN4O3/c1-10-7-11(20-24-10)9-21(2)15(22)8-14(19-16(18)23)12-5-3-4-6-13(12)17/h3-7,14H,8-9H2,1-2H3,(H3,18,19,23)/t14-/m0/s1. The molecule has 0 spiro atoms.